The number of benzene rings is 3. The fourth-order valence-corrected chi connectivity index (χ4v) is 4.80. The molecule has 7 nitrogen and oxygen atoms in total. The lowest BCUT2D eigenvalue weighted by Gasteiger charge is -2.13. The largest absolute Gasteiger partial charge is 0.491 e. The van der Waals surface area contributed by atoms with Crippen molar-refractivity contribution in [1.82, 2.24) is 0 Å². The predicted molar refractivity (Wildman–Crippen MR) is 176 cm³/mol. The molecule has 0 N–H and O–H groups in total. The summed E-state index contributed by atoms with van der Waals surface area (Å²) < 4.78 is 36.4. The molecule has 0 spiro atoms. The quantitative estimate of drug-likeness (QED) is 0.0694. The Morgan fingerprint density at radius 1 is 0.609 bits per heavy atom. The molecule has 46 heavy (non-hydrogen) atoms. The Morgan fingerprint density at radius 2 is 1.09 bits per heavy atom. The Hall–Kier alpha value is -4.20. The smallest absolute Gasteiger partial charge is 0.343 e. The van der Waals surface area contributed by atoms with Gasteiger partial charge in [0.05, 0.1) is 29.4 Å². The van der Waals surface area contributed by atoms with Crippen molar-refractivity contribution in [1.29, 1.82) is 0 Å². The van der Waals surface area contributed by atoms with Gasteiger partial charge in [-0.25, -0.2) is 18.8 Å². The maximum atomic E-state index is 14.6. The molecule has 1 atom stereocenters. The Kier molecular flexibility index (Phi) is 15.8. The van der Waals surface area contributed by atoms with Crippen LogP contribution in [-0.4, -0.2) is 30.6 Å². The van der Waals surface area contributed by atoms with E-state index in [2.05, 4.69) is 13.8 Å². The Morgan fingerprint density at radius 3 is 1.65 bits per heavy atom. The maximum Gasteiger partial charge on any atom is 0.343 e. The van der Waals surface area contributed by atoms with E-state index in [-0.39, 0.29) is 34.5 Å². The topological polar surface area (TPSA) is 88.1 Å². The summed E-state index contributed by atoms with van der Waals surface area (Å²) in [7, 11) is 0. The summed E-state index contributed by atoms with van der Waals surface area (Å²) in [6, 6.07) is 16.0. The van der Waals surface area contributed by atoms with Crippen LogP contribution in [0.1, 0.15) is 129 Å². The van der Waals surface area contributed by atoms with Gasteiger partial charge in [0.2, 0.25) is 0 Å². The molecule has 0 aliphatic rings. The monoisotopic (exact) mass is 634 g/mol. The molecule has 0 saturated carbocycles. The molecule has 0 aromatic heterocycles. The SMILES string of the molecule is CCCCCCCCCOc1ccc(C(=O)Oc2ccc(C(=O)Oc3ccc(C(=O)OC(C)CCCCCC)cc3)cc2)cc1F. The molecule has 3 aromatic rings. The van der Waals surface area contributed by atoms with E-state index in [1.807, 2.05) is 6.92 Å². The first-order chi connectivity index (χ1) is 22.3. The summed E-state index contributed by atoms with van der Waals surface area (Å²) >= 11 is 0. The van der Waals surface area contributed by atoms with Crippen LogP contribution in [0.25, 0.3) is 0 Å². The van der Waals surface area contributed by atoms with Crippen LogP contribution < -0.4 is 14.2 Å². The Balaban J connectivity index is 1.43. The molecule has 248 valence electrons. The van der Waals surface area contributed by atoms with Crippen molar-refractivity contribution >= 4 is 17.9 Å². The van der Waals surface area contributed by atoms with Crippen LogP contribution in [0.4, 0.5) is 4.39 Å². The summed E-state index contributed by atoms with van der Waals surface area (Å²) in [6.07, 6.45) is 13.1. The van der Waals surface area contributed by atoms with Crippen molar-refractivity contribution in [3.8, 4) is 17.2 Å². The third-order valence-electron chi connectivity index (χ3n) is 7.55. The number of hydrogen-bond acceptors (Lipinski definition) is 7. The second-order valence-corrected chi connectivity index (χ2v) is 11.5. The second kappa shape index (κ2) is 20.0. The molecular weight excluding hydrogens is 587 g/mol. The lowest BCUT2D eigenvalue weighted by atomic mass is 10.1. The number of unbranched alkanes of at least 4 members (excludes halogenated alkanes) is 9. The lowest BCUT2D eigenvalue weighted by molar-refractivity contribution is 0.0319. The summed E-state index contributed by atoms with van der Waals surface area (Å²) in [4.78, 5) is 37.7. The van der Waals surface area contributed by atoms with Gasteiger partial charge in [-0.1, -0.05) is 71.6 Å². The van der Waals surface area contributed by atoms with Crippen LogP contribution in [0.2, 0.25) is 0 Å². The van der Waals surface area contributed by atoms with Crippen LogP contribution in [0.5, 0.6) is 17.2 Å². The van der Waals surface area contributed by atoms with Crippen LogP contribution >= 0.6 is 0 Å². The minimum atomic E-state index is -0.739. The molecule has 0 heterocycles. The van der Waals surface area contributed by atoms with Gasteiger partial charge in [-0.3, -0.25) is 0 Å². The first-order valence-electron chi connectivity index (χ1n) is 16.6. The van der Waals surface area contributed by atoms with Crippen LogP contribution in [-0.2, 0) is 4.74 Å². The summed E-state index contributed by atoms with van der Waals surface area (Å²) in [6.45, 7) is 6.65. The number of ether oxygens (including phenoxy) is 4. The molecule has 0 amide bonds. The second-order valence-electron chi connectivity index (χ2n) is 11.5. The van der Waals surface area contributed by atoms with Crippen molar-refractivity contribution in [2.75, 3.05) is 6.61 Å². The Bertz CT molecular complexity index is 1370. The molecule has 3 rings (SSSR count). The van der Waals surface area contributed by atoms with Crippen molar-refractivity contribution < 1.29 is 37.7 Å². The van der Waals surface area contributed by atoms with E-state index >= 15 is 0 Å². The lowest BCUT2D eigenvalue weighted by Crippen LogP contribution is -2.15. The molecule has 8 heteroatoms. The number of halogens is 1. The van der Waals surface area contributed by atoms with Crippen molar-refractivity contribution in [3.05, 3.63) is 89.2 Å². The van der Waals surface area contributed by atoms with Gasteiger partial charge in [0, 0.05) is 0 Å². The zero-order chi connectivity index (χ0) is 33.1. The average Bonchev–Trinajstić information content (AvgIpc) is 3.05. The van der Waals surface area contributed by atoms with Crippen LogP contribution in [0, 0.1) is 5.82 Å². The third-order valence-corrected chi connectivity index (χ3v) is 7.55. The first-order valence-corrected chi connectivity index (χ1v) is 16.6. The van der Waals surface area contributed by atoms with E-state index in [9.17, 15) is 18.8 Å². The van der Waals surface area contributed by atoms with E-state index in [0.29, 0.717) is 12.2 Å². The van der Waals surface area contributed by atoms with E-state index in [4.69, 9.17) is 18.9 Å². The summed E-state index contributed by atoms with van der Waals surface area (Å²) in [5, 5.41) is 0. The minimum absolute atomic E-state index is 0.0398. The number of carbonyl (C=O) groups is 3. The van der Waals surface area contributed by atoms with Gasteiger partial charge in [0.15, 0.2) is 11.6 Å². The normalized spacial score (nSPS) is 11.5. The summed E-state index contributed by atoms with van der Waals surface area (Å²) in [5.74, 6) is -1.86. The molecule has 0 saturated heterocycles. The van der Waals surface area contributed by atoms with E-state index in [1.165, 1.54) is 80.6 Å². The number of esters is 3. The predicted octanol–water partition coefficient (Wildman–Crippen LogP) is 9.91. The summed E-state index contributed by atoms with van der Waals surface area (Å²) in [5.41, 5.74) is 0.642. The molecule has 0 aliphatic heterocycles. The molecular formula is C38H47FO7. The van der Waals surface area contributed by atoms with E-state index in [1.54, 1.807) is 12.1 Å². The third kappa shape index (κ3) is 12.7. The van der Waals surface area contributed by atoms with Gasteiger partial charge in [-0.2, -0.15) is 0 Å². The zero-order valence-corrected chi connectivity index (χ0v) is 27.4. The highest BCUT2D eigenvalue weighted by molar-refractivity contribution is 5.93. The van der Waals surface area contributed by atoms with Crippen molar-refractivity contribution in [2.24, 2.45) is 0 Å². The number of rotatable bonds is 20. The van der Waals surface area contributed by atoms with Gasteiger partial charge < -0.3 is 18.9 Å². The van der Waals surface area contributed by atoms with Gasteiger partial charge in [-0.15, -0.1) is 0 Å². The van der Waals surface area contributed by atoms with Crippen molar-refractivity contribution in [2.45, 2.75) is 104 Å². The van der Waals surface area contributed by atoms with E-state index < -0.39 is 23.7 Å². The standard InChI is InChI=1S/C38H47FO7/c1-4-6-8-10-11-12-14-26-43-35-25-20-31(27-34(35)39)38(42)46-33-23-18-30(19-24-33)37(41)45-32-21-16-29(17-22-32)36(40)44-28(3)15-13-9-7-5-2/h16-25,27-28H,4-15,26H2,1-3H3. The first kappa shape index (κ1) is 36.3. The molecule has 0 radical (unpaired) electrons. The highest BCUT2D eigenvalue weighted by atomic mass is 19.1. The van der Waals surface area contributed by atoms with Gasteiger partial charge in [-0.05, 0) is 92.9 Å². The molecule has 3 aromatic carbocycles. The van der Waals surface area contributed by atoms with E-state index in [0.717, 1.165) is 51.0 Å². The van der Waals surface area contributed by atoms with Gasteiger partial charge in [0.25, 0.3) is 0 Å². The maximum absolute atomic E-state index is 14.6. The zero-order valence-electron chi connectivity index (χ0n) is 27.4. The minimum Gasteiger partial charge on any atom is -0.491 e. The molecule has 0 aliphatic carbocycles. The average molecular weight is 635 g/mol. The van der Waals surface area contributed by atoms with Gasteiger partial charge in [0.1, 0.15) is 11.5 Å². The number of carbonyl (C=O) groups excluding carboxylic acids is 3. The van der Waals surface area contributed by atoms with Crippen LogP contribution in [0.3, 0.4) is 0 Å². The van der Waals surface area contributed by atoms with Crippen LogP contribution in [0.15, 0.2) is 66.7 Å². The number of hydrogen-bond donors (Lipinski definition) is 0. The van der Waals surface area contributed by atoms with Gasteiger partial charge >= 0.3 is 17.9 Å². The highest BCUT2D eigenvalue weighted by Crippen LogP contribution is 2.22. The Labute approximate surface area is 272 Å². The highest BCUT2D eigenvalue weighted by Gasteiger charge is 2.16. The molecule has 0 bridgehead atoms. The molecule has 0 fully saturated rings. The molecule has 1 unspecified atom stereocenters. The fraction of sp³-hybridized carbons (Fsp3) is 0.447. The van der Waals surface area contributed by atoms with Crippen molar-refractivity contribution in [3.63, 3.8) is 0 Å². The fourth-order valence-electron chi connectivity index (χ4n) is 4.80.